The largest absolute Gasteiger partial charge is 0.397 e. The summed E-state index contributed by atoms with van der Waals surface area (Å²) >= 11 is 0. The molecular weight excluding hydrogens is 312 g/mol. The summed E-state index contributed by atoms with van der Waals surface area (Å²) in [5.41, 5.74) is 0. The van der Waals surface area contributed by atoms with E-state index in [2.05, 4.69) is 31.9 Å². The van der Waals surface area contributed by atoms with Gasteiger partial charge in [0.05, 0.1) is 6.61 Å². The summed E-state index contributed by atoms with van der Waals surface area (Å²) in [5.74, 6) is 2.44. The molecule has 0 spiro atoms. The lowest BCUT2D eigenvalue weighted by atomic mass is 9.81. The molecular formula is C18H38O4S. The van der Waals surface area contributed by atoms with Crippen LogP contribution in [0.4, 0.5) is 0 Å². The van der Waals surface area contributed by atoms with Crippen LogP contribution in [0.25, 0.3) is 0 Å². The Bertz CT molecular complexity index is 355. The zero-order valence-corrected chi connectivity index (χ0v) is 16.4. The molecule has 0 aliphatic rings. The van der Waals surface area contributed by atoms with E-state index in [1.165, 1.54) is 44.9 Å². The number of hydrogen-bond donors (Lipinski definition) is 1. The van der Waals surface area contributed by atoms with Crippen LogP contribution in [0, 0.1) is 17.8 Å². The van der Waals surface area contributed by atoms with Crippen LogP contribution in [-0.4, -0.2) is 19.6 Å². The van der Waals surface area contributed by atoms with Crippen molar-refractivity contribution in [2.24, 2.45) is 17.8 Å². The van der Waals surface area contributed by atoms with E-state index in [1.807, 2.05) is 0 Å². The number of hydrogen-bond acceptors (Lipinski definition) is 3. The summed E-state index contributed by atoms with van der Waals surface area (Å²) in [7, 11) is -4.25. The van der Waals surface area contributed by atoms with Crippen LogP contribution in [0.15, 0.2) is 0 Å². The first kappa shape index (κ1) is 22.9. The summed E-state index contributed by atoms with van der Waals surface area (Å²) in [6.45, 7) is 9.44. The fraction of sp³-hybridized carbons (Fsp3) is 1.00. The monoisotopic (exact) mass is 350 g/mol. The van der Waals surface area contributed by atoms with Crippen LogP contribution in [0.3, 0.4) is 0 Å². The van der Waals surface area contributed by atoms with Crippen LogP contribution in [-0.2, 0) is 14.6 Å². The first-order valence-corrected chi connectivity index (χ1v) is 10.7. The molecule has 1 N–H and O–H groups in total. The minimum Gasteiger partial charge on any atom is -0.264 e. The summed E-state index contributed by atoms with van der Waals surface area (Å²) in [6, 6.07) is 0. The molecule has 5 heteroatoms. The van der Waals surface area contributed by atoms with Crippen molar-refractivity contribution in [1.82, 2.24) is 0 Å². The lowest BCUT2D eigenvalue weighted by molar-refractivity contribution is 0.260. The average molecular weight is 351 g/mol. The second kappa shape index (κ2) is 13.2. The van der Waals surface area contributed by atoms with Gasteiger partial charge in [-0.15, -0.1) is 0 Å². The quantitative estimate of drug-likeness (QED) is 0.307. The van der Waals surface area contributed by atoms with Crippen LogP contribution in [0.1, 0.15) is 91.9 Å². The lowest BCUT2D eigenvalue weighted by Crippen LogP contribution is -2.15. The van der Waals surface area contributed by atoms with E-state index in [-0.39, 0.29) is 6.61 Å². The van der Waals surface area contributed by atoms with Crippen LogP contribution >= 0.6 is 0 Å². The van der Waals surface area contributed by atoms with Crippen molar-refractivity contribution < 1.29 is 17.2 Å². The number of rotatable bonds is 15. The van der Waals surface area contributed by atoms with Gasteiger partial charge in [0.2, 0.25) is 0 Å². The molecule has 0 unspecified atom stereocenters. The third-order valence-electron chi connectivity index (χ3n) is 4.63. The van der Waals surface area contributed by atoms with E-state index in [9.17, 15) is 8.42 Å². The second-order valence-electron chi connectivity index (χ2n) is 7.37. The molecule has 0 aromatic heterocycles. The lowest BCUT2D eigenvalue weighted by Gasteiger charge is -2.24. The van der Waals surface area contributed by atoms with E-state index >= 15 is 0 Å². The standard InChI is InChI=1S/C18H38O4S/c1-16(2)18(17(3)4)14-12-10-8-6-5-7-9-11-13-15-22-23(19,20)21/h16-18H,5-15H2,1-4H3,(H,19,20,21). The Kier molecular flexibility index (Phi) is 13.1. The van der Waals surface area contributed by atoms with Gasteiger partial charge in [0.1, 0.15) is 0 Å². The van der Waals surface area contributed by atoms with Gasteiger partial charge < -0.3 is 0 Å². The van der Waals surface area contributed by atoms with Gasteiger partial charge in [-0.05, 0) is 30.6 Å². The predicted molar refractivity (Wildman–Crippen MR) is 96.8 cm³/mol. The predicted octanol–water partition coefficient (Wildman–Crippen LogP) is 5.64. The fourth-order valence-corrected chi connectivity index (χ4v) is 3.65. The van der Waals surface area contributed by atoms with Crippen molar-refractivity contribution in [3.05, 3.63) is 0 Å². The average Bonchev–Trinajstić information content (AvgIpc) is 2.41. The summed E-state index contributed by atoms with van der Waals surface area (Å²) in [4.78, 5) is 0. The van der Waals surface area contributed by atoms with Gasteiger partial charge >= 0.3 is 10.4 Å². The van der Waals surface area contributed by atoms with Gasteiger partial charge in [-0.1, -0.05) is 79.1 Å². The van der Waals surface area contributed by atoms with E-state index in [4.69, 9.17) is 4.55 Å². The van der Waals surface area contributed by atoms with Gasteiger partial charge in [-0.3, -0.25) is 4.55 Å². The Morgan fingerprint density at radius 3 is 1.52 bits per heavy atom. The highest BCUT2D eigenvalue weighted by molar-refractivity contribution is 7.80. The fourth-order valence-electron chi connectivity index (χ4n) is 3.32. The smallest absolute Gasteiger partial charge is 0.264 e. The highest BCUT2D eigenvalue weighted by Crippen LogP contribution is 2.26. The van der Waals surface area contributed by atoms with Gasteiger partial charge in [0.25, 0.3) is 0 Å². The molecule has 0 bridgehead atoms. The maximum absolute atomic E-state index is 10.3. The normalized spacial score (nSPS) is 12.7. The Labute approximate surface area is 144 Å². The minimum atomic E-state index is -4.25. The van der Waals surface area contributed by atoms with Crippen LogP contribution in [0.5, 0.6) is 0 Å². The molecule has 0 aromatic carbocycles. The third kappa shape index (κ3) is 15.2. The molecule has 0 amide bonds. The summed E-state index contributed by atoms with van der Waals surface area (Å²) in [6.07, 6.45) is 11.9. The highest BCUT2D eigenvalue weighted by atomic mass is 32.3. The van der Waals surface area contributed by atoms with Crippen molar-refractivity contribution in [3.8, 4) is 0 Å². The minimum absolute atomic E-state index is 0.0890. The Hall–Kier alpha value is -0.130. The van der Waals surface area contributed by atoms with Crippen molar-refractivity contribution in [3.63, 3.8) is 0 Å². The molecule has 0 aliphatic carbocycles. The topological polar surface area (TPSA) is 63.6 Å². The van der Waals surface area contributed by atoms with Crippen molar-refractivity contribution in [1.29, 1.82) is 0 Å². The maximum atomic E-state index is 10.3. The first-order chi connectivity index (χ1) is 10.7. The number of unbranched alkanes of at least 4 members (excludes halogenated alkanes) is 8. The highest BCUT2D eigenvalue weighted by Gasteiger charge is 2.16. The van der Waals surface area contributed by atoms with Gasteiger partial charge in [0, 0.05) is 0 Å². The SMILES string of the molecule is CC(C)C(CCCCCCCCCCCOS(=O)(=O)O)C(C)C. The molecule has 0 fully saturated rings. The molecule has 0 heterocycles. The molecule has 4 nitrogen and oxygen atoms in total. The van der Waals surface area contributed by atoms with Crippen LogP contribution < -0.4 is 0 Å². The Morgan fingerprint density at radius 1 is 0.739 bits per heavy atom. The van der Waals surface area contributed by atoms with E-state index in [0.29, 0.717) is 6.42 Å². The van der Waals surface area contributed by atoms with Crippen molar-refractivity contribution in [2.45, 2.75) is 91.9 Å². The van der Waals surface area contributed by atoms with Gasteiger partial charge in [0.15, 0.2) is 0 Å². The molecule has 0 aromatic rings. The second-order valence-corrected chi connectivity index (χ2v) is 8.46. The molecule has 0 rings (SSSR count). The Morgan fingerprint density at radius 2 is 1.13 bits per heavy atom. The van der Waals surface area contributed by atoms with Crippen LogP contribution in [0.2, 0.25) is 0 Å². The van der Waals surface area contributed by atoms with E-state index in [0.717, 1.165) is 30.6 Å². The zero-order valence-electron chi connectivity index (χ0n) is 15.6. The molecule has 23 heavy (non-hydrogen) atoms. The zero-order chi connectivity index (χ0) is 17.7. The first-order valence-electron chi connectivity index (χ1n) is 9.36. The van der Waals surface area contributed by atoms with Crippen molar-refractivity contribution in [2.75, 3.05) is 6.61 Å². The molecule has 0 saturated carbocycles. The van der Waals surface area contributed by atoms with Gasteiger partial charge in [-0.25, -0.2) is 4.18 Å². The van der Waals surface area contributed by atoms with E-state index in [1.54, 1.807) is 0 Å². The summed E-state index contributed by atoms with van der Waals surface area (Å²) < 4.78 is 33.4. The third-order valence-corrected chi connectivity index (χ3v) is 5.09. The molecule has 0 atom stereocenters. The van der Waals surface area contributed by atoms with E-state index < -0.39 is 10.4 Å². The summed E-state index contributed by atoms with van der Waals surface area (Å²) in [5, 5.41) is 0. The molecule has 0 saturated heterocycles. The van der Waals surface area contributed by atoms with Crippen molar-refractivity contribution >= 4 is 10.4 Å². The Balaban J connectivity index is 3.34. The molecule has 0 aliphatic heterocycles. The maximum Gasteiger partial charge on any atom is 0.397 e. The molecule has 0 radical (unpaired) electrons. The van der Waals surface area contributed by atoms with Gasteiger partial charge in [-0.2, -0.15) is 8.42 Å². The molecule has 140 valence electrons.